The van der Waals surface area contributed by atoms with E-state index in [1.807, 2.05) is 0 Å². The lowest BCUT2D eigenvalue weighted by Gasteiger charge is -2.08. The zero-order chi connectivity index (χ0) is 14.2. The highest BCUT2D eigenvalue weighted by molar-refractivity contribution is 5.85. The summed E-state index contributed by atoms with van der Waals surface area (Å²) in [5, 5.41) is 10.9. The monoisotopic (exact) mass is 272 g/mol. The number of carboxylic acids is 1. The number of hydrogen-bond acceptors (Lipinski definition) is 2. The summed E-state index contributed by atoms with van der Waals surface area (Å²) in [5.41, 5.74) is -2.17. The number of halogens is 3. The SMILES string of the molecule is O=C(O)c1cc(=O)n(-c2cccc(C(F)(F)F)c2)[nH]1. The van der Waals surface area contributed by atoms with Gasteiger partial charge in [0.1, 0.15) is 5.69 Å². The number of H-pyrrole nitrogens is 1. The molecular formula is C11H7F3N2O3. The Labute approximate surface area is 103 Å². The molecule has 0 saturated heterocycles. The van der Waals surface area contributed by atoms with Gasteiger partial charge < -0.3 is 5.11 Å². The van der Waals surface area contributed by atoms with Crippen LogP contribution in [0.4, 0.5) is 13.2 Å². The maximum absolute atomic E-state index is 12.5. The first kappa shape index (κ1) is 12.9. The molecule has 0 fully saturated rings. The van der Waals surface area contributed by atoms with Crippen LogP contribution in [0.2, 0.25) is 0 Å². The highest BCUT2D eigenvalue weighted by atomic mass is 19.4. The quantitative estimate of drug-likeness (QED) is 0.876. The standard InChI is InChI=1S/C11H7F3N2O3/c12-11(13,14)6-2-1-3-7(4-6)16-9(17)5-8(15-16)10(18)19/h1-5,15H,(H,18,19). The van der Waals surface area contributed by atoms with Gasteiger partial charge in [-0.3, -0.25) is 9.89 Å². The predicted molar refractivity (Wildman–Crippen MR) is 58.4 cm³/mol. The Morgan fingerprint density at radius 3 is 2.47 bits per heavy atom. The van der Waals surface area contributed by atoms with Gasteiger partial charge >= 0.3 is 12.1 Å². The summed E-state index contributed by atoms with van der Waals surface area (Å²) in [6.45, 7) is 0. The fraction of sp³-hybridized carbons (Fsp3) is 0.0909. The number of nitrogens with one attached hydrogen (secondary N) is 1. The normalized spacial score (nSPS) is 11.5. The molecule has 5 nitrogen and oxygen atoms in total. The highest BCUT2D eigenvalue weighted by Gasteiger charge is 2.30. The van der Waals surface area contributed by atoms with Gasteiger partial charge in [0.05, 0.1) is 11.3 Å². The second-order valence-corrected chi connectivity index (χ2v) is 3.70. The summed E-state index contributed by atoms with van der Waals surface area (Å²) in [6.07, 6.45) is -4.54. The Kier molecular flexibility index (Phi) is 2.93. The molecule has 2 N–H and O–H groups in total. The maximum Gasteiger partial charge on any atom is 0.416 e. The van der Waals surface area contributed by atoms with Gasteiger partial charge in [-0.2, -0.15) is 13.2 Å². The van der Waals surface area contributed by atoms with Crippen molar-refractivity contribution in [2.75, 3.05) is 0 Å². The Hall–Kier alpha value is -2.51. The third-order valence-electron chi connectivity index (χ3n) is 2.38. The molecular weight excluding hydrogens is 265 g/mol. The topological polar surface area (TPSA) is 75.1 Å². The minimum absolute atomic E-state index is 0.0904. The molecule has 1 aromatic heterocycles. The Morgan fingerprint density at radius 2 is 1.95 bits per heavy atom. The van der Waals surface area contributed by atoms with Crippen molar-refractivity contribution < 1.29 is 23.1 Å². The average Bonchev–Trinajstić information content (AvgIpc) is 2.71. The van der Waals surface area contributed by atoms with E-state index in [1.54, 1.807) is 0 Å². The third kappa shape index (κ3) is 2.51. The molecule has 0 aliphatic rings. The molecule has 2 aromatic rings. The summed E-state index contributed by atoms with van der Waals surface area (Å²) in [5.74, 6) is -1.37. The first-order chi connectivity index (χ1) is 8.79. The summed E-state index contributed by atoms with van der Waals surface area (Å²) in [7, 11) is 0. The number of aromatic amines is 1. The van der Waals surface area contributed by atoms with Gasteiger partial charge in [-0.05, 0) is 18.2 Å². The Bertz CT molecular complexity index is 685. The molecule has 0 bridgehead atoms. The van der Waals surface area contributed by atoms with Crippen LogP contribution in [0.25, 0.3) is 5.69 Å². The van der Waals surface area contributed by atoms with Crippen molar-refractivity contribution in [3.05, 3.63) is 51.9 Å². The molecule has 8 heteroatoms. The van der Waals surface area contributed by atoms with Crippen LogP contribution >= 0.6 is 0 Å². The summed E-state index contributed by atoms with van der Waals surface area (Å²) >= 11 is 0. The van der Waals surface area contributed by atoms with Crippen LogP contribution in [0.1, 0.15) is 16.1 Å². The van der Waals surface area contributed by atoms with E-state index < -0.39 is 29.0 Å². The first-order valence-corrected chi connectivity index (χ1v) is 5.02. The van der Waals surface area contributed by atoms with Crippen LogP contribution in [0.15, 0.2) is 35.1 Å². The van der Waals surface area contributed by atoms with Gasteiger partial charge in [0, 0.05) is 6.07 Å². The van der Waals surface area contributed by atoms with Crippen LogP contribution in [0.3, 0.4) is 0 Å². The Morgan fingerprint density at radius 1 is 1.26 bits per heavy atom. The van der Waals surface area contributed by atoms with Crippen molar-refractivity contribution in [2.45, 2.75) is 6.18 Å². The number of carboxylic acid groups (broad SMARTS) is 1. The van der Waals surface area contributed by atoms with Gasteiger partial charge in [-0.1, -0.05) is 6.07 Å². The molecule has 0 atom stereocenters. The third-order valence-corrected chi connectivity index (χ3v) is 2.38. The zero-order valence-corrected chi connectivity index (χ0v) is 9.23. The van der Waals surface area contributed by atoms with Crippen LogP contribution < -0.4 is 5.56 Å². The molecule has 0 amide bonds. The van der Waals surface area contributed by atoms with E-state index in [1.165, 1.54) is 6.07 Å². The van der Waals surface area contributed by atoms with Crippen LogP contribution in [0, 0.1) is 0 Å². The number of carbonyl (C=O) groups is 1. The second-order valence-electron chi connectivity index (χ2n) is 3.70. The molecule has 1 aromatic carbocycles. The van der Waals surface area contributed by atoms with Gasteiger partial charge in [-0.25, -0.2) is 9.48 Å². The van der Waals surface area contributed by atoms with Crippen LogP contribution in [-0.2, 0) is 6.18 Å². The second kappa shape index (κ2) is 4.30. The largest absolute Gasteiger partial charge is 0.477 e. The molecule has 0 unspecified atom stereocenters. The number of aromatic carboxylic acids is 1. The lowest BCUT2D eigenvalue weighted by Crippen LogP contribution is -2.15. The molecule has 2 rings (SSSR count). The minimum Gasteiger partial charge on any atom is -0.477 e. The van der Waals surface area contributed by atoms with Crippen molar-refractivity contribution in [3.63, 3.8) is 0 Å². The van der Waals surface area contributed by atoms with E-state index >= 15 is 0 Å². The fourth-order valence-corrected chi connectivity index (χ4v) is 1.52. The van der Waals surface area contributed by atoms with E-state index in [0.717, 1.165) is 28.9 Å². The fourth-order valence-electron chi connectivity index (χ4n) is 1.52. The maximum atomic E-state index is 12.5. The number of nitrogens with zero attached hydrogens (tertiary/aromatic N) is 1. The smallest absolute Gasteiger partial charge is 0.416 e. The minimum atomic E-state index is -4.54. The van der Waals surface area contributed by atoms with Gasteiger partial charge in [-0.15, -0.1) is 0 Å². The van der Waals surface area contributed by atoms with E-state index in [9.17, 15) is 22.8 Å². The molecule has 0 aliphatic carbocycles. The van der Waals surface area contributed by atoms with E-state index in [0.29, 0.717) is 0 Å². The molecule has 1 heterocycles. The average molecular weight is 272 g/mol. The molecule has 19 heavy (non-hydrogen) atoms. The summed E-state index contributed by atoms with van der Waals surface area (Å²) < 4.78 is 38.3. The first-order valence-electron chi connectivity index (χ1n) is 5.02. The molecule has 100 valence electrons. The van der Waals surface area contributed by atoms with Crippen LogP contribution in [-0.4, -0.2) is 20.9 Å². The number of aromatic nitrogens is 2. The zero-order valence-electron chi connectivity index (χ0n) is 9.23. The van der Waals surface area contributed by atoms with E-state index in [4.69, 9.17) is 5.11 Å². The van der Waals surface area contributed by atoms with E-state index in [2.05, 4.69) is 5.10 Å². The summed E-state index contributed by atoms with van der Waals surface area (Å²) in [4.78, 5) is 22.2. The van der Waals surface area contributed by atoms with Gasteiger partial charge in [0.2, 0.25) is 0 Å². The van der Waals surface area contributed by atoms with Crippen molar-refractivity contribution >= 4 is 5.97 Å². The number of alkyl halides is 3. The number of benzene rings is 1. The number of hydrogen-bond donors (Lipinski definition) is 2. The van der Waals surface area contributed by atoms with Gasteiger partial charge in [0.25, 0.3) is 5.56 Å². The lowest BCUT2D eigenvalue weighted by atomic mass is 10.2. The van der Waals surface area contributed by atoms with Crippen molar-refractivity contribution in [2.24, 2.45) is 0 Å². The molecule has 0 aliphatic heterocycles. The van der Waals surface area contributed by atoms with E-state index in [-0.39, 0.29) is 5.69 Å². The highest BCUT2D eigenvalue weighted by Crippen LogP contribution is 2.29. The molecule has 0 saturated carbocycles. The van der Waals surface area contributed by atoms with Crippen LogP contribution in [0.5, 0.6) is 0 Å². The van der Waals surface area contributed by atoms with Gasteiger partial charge in [0.15, 0.2) is 0 Å². The Balaban J connectivity index is 2.54. The molecule has 0 spiro atoms. The van der Waals surface area contributed by atoms with Crippen molar-refractivity contribution in [1.82, 2.24) is 9.78 Å². The van der Waals surface area contributed by atoms with Crippen molar-refractivity contribution in [1.29, 1.82) is 0 Å². The number of rotatable bonds is 2. The van der Waals surface area contributed by atoms with Crippen molar-refractivity contribution in [3.8, 4) is 5.69 Å². The summed E-state index contributed by atoms with van der Waals surface area (Å²) in [6, 6.07) is 4.80. The molecule has 0 radical (unpaired) electrons. The predicted octanol–water partition coefficient (Wildman–Crippen LogP) is 1.88. The lowest BCUT2D eigenvalue weighted by molar-refractivity contribution is -0.137.